The van der Waals surface area contributed by atoms with Crippen molar-refractivity contribution in [3.8, 4) is 11.8 Å². The van der Waals surface area contributed by atoms with Crippen molar-refractivity contribution in [1.29, 1.82) is 0 Å². The fraction of sp³-hybridized carbons (Fsp3) is 0.167. The van der Waals surface area contributed by atoms with Crippen molar-refractivity contribution in [1.82, 2.24) is 0 Å². The molecule has 0 amide bonds. The van der Waals surface area contributed by atoms with E-state index in [1.807, 2.05) is 18.2 Å². The average molecular weight is 437 g/mol. The van der Waals surface area contributed by atoms with E-state index in [9.17, 15) is 9.18 Å². The van der Waals surface area contributed by atoms with Gasteiger partial charge in [-0.25, -0.2) is 9.18 Å². The van der Waals surface area contributed by atoms with Crippen molar-refractivity contribution in [2.75, 3.05) is 7.11 Å². The molecule has 0 spiro atoms. The predicted molar refractivity (Wildman–Crippen MR) is 132 cm³/mol. The van der Waals surface area contributed by atoms with Crippen LogP contribution in [-0.2, 0) is 10.2 Å². The van der Waals surface area contributed by atoms with Crippen LogP contribution in [0.15, 0.2) is 72.8 Å². The molecule has 2 nitrogen and oxygen atoms in total. The molecule has 3 aromatic carbocycles. The average Bonchev–Trinajstić information content (AvgIpc) is 2.83. The van der Waals surface area contributed by atoms with E-state index in [4.69, 9.17) is 4.74 Å². The summed E-state index contributed by atoms with van der Waals surface area (Å²) in [6.07, 6.45) is 7.18. The number of carbonyl (C=O) groups excluding carboxylic acids is 1. The topological polar surface area (TPSA) is 26.3 Å². The van der Waals surface area contributed by atoms with Crippen LogP contribution in [0.4, 0.5) is 4.39 Å². The van der Waals surface area contributed by atoms with Crippen LogP contribution in [0, 0.1) is 17.7 Å². The van der Waals surface area contributed by atoms with Crippen LogP contribution in [0.3, 0.4) is 0 Å². The first kappa shape index (κ1) is 22.3. The van der Waals surface area contributed by atoms with E-state index in [1.165, 1.54) is 24.8 Å². The number of allylic oxidation sites excluding steroid dienone is 2. The van der Waals surface area contributed by atoms with Crippen LogP contribution in [0.1, 0.15) is 58.4 Å². The summed E-state index contributed by atoms with van der Waals surface area (Å²) in [6, 6.07) is 20.0. The summed E-state index contributed by atoms with van der Waals surface area (Å²) < 4.78 is 17.9. The van der Waals surface area contributed by atoms with Crippen molar-refractivity contribution in [2.24, 2.45) is 0 Å². The molecule has 0 saturated heterocycles. The highest BCUT2D eigenvalue weighted by Gasteiger charge is 2.27. The quantitative estimate of drug-likeness (QED) is 0.254. The van der Waals surface area contributed by atoms with Gasteiger partial charge in [0.05, 0.1) is 12.7 Å². The van der Waals surface area contributed by atoms with E-state index in [0.717, 1.165) is 34.2 Å². The second-order valence-electron chi connectivity index (χ2n) is 8.71. The molecule has 0 unspecified atom stereocenters. The fourth-order valence-electron chi connectivity index (χ4n) is 3.89. The third-order valence-electron chi connectivity index (χ3n) is 5.87. The van der Waals surface area contributed by atoms with Gasteiger partial charge in [-0.15, -0.1) is 0 Å². The zero-order valence-corrected chi connectivity index (χ0v) is 19.0. The first-order valence-corrected chi connectivity index (χ1v) is 10.8. The largest absolute Gasteiger partial charge is 0.465 e. The number of carbonyl (C=O) groups is 1. The zero-order chi connectivity index (χ0) is 23.4. The van der Waals surface area contributed by atoms with E-state index in [2.05, 4.69) is 56.0 Å². The van der Waals surface area contributed by atoms with Gasteiger partial charge in [-0.05, 0) is 76.6 Å². The molecule has 0 heterocycles. The van der Waals surface area contributed by atoms with Crippen molar-refractivity contribution in [3.05, 3.63) is 112 Å². The number of benzene rings is 3. The minimum atomic E-state index is -0.344. The summed E-state index contributed by atoms with van der Waals surface area (Å²) in [5.74, 6) is 5.85. The van der Waals surface area contributed by atoms with Gasteiger partial charge in [-0.3, -0.25) is 0 Å². The molecule has 33 heavy (non-hydrogen) atoms. The number of fused-ring (bicyclic) bond motifs is 1. The van der Waals surface area contributed by atoms with Gasteiger partial charge >= 0.3 is 5.97 Å². The minimum absolute atomic E-state index is 0.0301. The maximum absolute atomic E-state index is 13.2. The first-order valence-electron chi connectivity index (χ1n) is 10.8. The van der Waals surface area contributed by atoms with Crippen LogP contribution >= 0.6 is 0 Å². The number of rotatable bonds is 3. The molecular weight excluding hydrogens is 411 g/mol. The normalized spacial score (nSPS) is 14.1. The molecule has 0 saturated carbocycles. The third kappa shape index (κ3) is 5.13. The molecule has 0 radical (unpaired) electrons. The maximum Gasteiger partial charge on any atom is 0.337 e. The summed E-state index contributed by atoms with van der Waals surface area (Å²) in [6.45, 7) is 4.48. The highest BCUT2D eigenvalue weighted by molar-refractivity contribution is 5.90. The van der Waals surface area contributed by atoms with Gasteiger partial charge in [-0.1, -0.05) is 68.2 Å². The second-order valence-corrected chi connectivity index (χ2v) is 8.71. The van der Waals surface area contributed by atoms with Gasteiger partial charge in [0.15, 0.2) is 0 Å². The zero-order valence-electron chi connectivity index (χ0n) is 19.0. The smallest absolute Gasteiger partial charge is 0.337 e. The maximum atomic E-state index is 13.2. The molecule has 0 N–H and O–H groups in total. The Morgan fingerprint density at radius 1 is 0.939 bits per heavy atom. The molecule has 3 heteroatoms. The van der Waals surface area contributed by atoms with Crippen LogP contribution in [0.5, 0.6) is 0 Å². The summed E-state index contributed by atoms with van der Waals surface area (Å²) in [5, 5.41) is 0. The number of methoxy groups -OCH3 is 1. The molecular formula is C30H25FO2. The summed E-state index contributed by atoms with van der Waals surface area (Å²) in [4.78, 5) is 11.6. The first-order chi connectivity index (χ1) is 15.9. The Balaban J connectivity index is 1.63. The van der Waals surface area contributed by atoms with E-state index in [-0.39, 0.29) is 17.2 Å². The molecule has 164 valence electrons. The number of hydrogen-bond acceptors (Lipinski definition) is 2. The molecule has 3 aromatic rings. The van der Waals surface area contributed by atoms with Gasteiger partial charge in [0.2, 0.25) is 0 Å². The fourth-order valence-corrected chi connectivity index (χ4v) is 3.89. The highest BCUT2D eigenvalue weighted by atomic mass is 19.1. The lowest BCUT2D eigenvalue weighted by Crippen LogP contribution is -2.21. The Kier molecular flexibility index (Phi) is 6.29. The van der Waals surface area contributed by atoms with Crippen molar-refractivity contribution in [2.45, 2.75) is 25.7 Å². The van der Waals surface area contributed by atoms with E-state index >= 15 is 0 Å². The van der Waals surface area contributed by atoms with Gasteiger partial charge in [0, 0.05) is 11.1 Å². The predicted octanol–water partition coefficient (Wildman–Crippen LogP) is 6.90. The van der Waals surface area contributed by atoms with Gasteiger partial charge in [-0.2, -0.15) is 0 Å². The number of halogens is 1. The summed E-state index contributed by atoms with van der Waals surface area (Å²) in [7, 11) is 1.38. The van der Waals surface area contributed by atoms with Gasteiger partial charge in [0.25, 0.3) is 0 Å². The highest BCUT2D eigenvalue weighted by Crippen LogP contribution is 2.39. The van der Waals surface area contributed by atoms with Crippen LogP contribution in [0.2, 0.25) is 0 Å². The Bertz CT molecular complexity index is 1300. The number of ether oxygens (including phenoxy) is 1. The second kappa shape index (κ2) is 9.30. The van der Waals surface area contributed by atoms with E-state index in [1.54, 1.807) is 24.3 Å². The molecule has 0 atom stereocenters. The molecule has 0 aromatic heterocycles. The third-order valence-corrected chi connectivity index (χ3v) is 5.87. The van der Waals surface area contributed by atoms with Crippen molar-refractivity contribution >= 4 is 23.7 Å². The van der Waals surface area contributed by atoms with E-state index < -0.39 is 0 Å². The Labute approximate surface area is 194 Å². The van der Waals surface area contributed by atoms with Gasteiger partial charge in [0.1, 0.15) is 5.82 Å². The molecule has 0 aliphatic heterocycles. The molecule has 0 bridgehead atoms. The van der Waals surface area contributed by atoms with Crippen molar-refractivity contribution in [3.63, 3.8) is 0 Å². The van der Waals surface area contributed by atoms with Gasteiger partial charge < -0.3 is 4.74 Å². The Hall–Kier alpha value is -3.90. The SMILES string of the molecule is COC(=O)c1ccc(/C=C/c2ccc3c(c2)C(C#Cc2ccc(F)cc2)=CCC3(C)C)cc1. The lowest BCUT2D eigenvalue weighted by molar-refractivity contribution is 0.0600. The standard InChI is InChI=1S/C30H25FO2/c1-30(2)19-18-24(12-6-22-9-15-26(31)16-10-22)27-20-23(11-17-28(27)30)5-4-21-7-13-25(14-8-21)29(32)33-3/h4-5,7-11,13-18,20H,19H2,1-3H3/b5-4+. The summed E-state index contributed by atoms with van der Waals surface area (Å²) >= 11 is 0. The summed E-state index contributed by atoms with van der Waals surface area (Å²) in [5.41, 5.74) is 6.80. The molecule has 1 aliphatic rings. The van der Waals surface area contributed by atoms with Crippen molar-refractivity contribution < 1.29 is 13.9 Å². The Morgan fingerprint density at radius 3 is 2.30 bits per heavy atom. The number of hydrogen-bond donors (Lipinski definition) is 0. The van der Waals surface area contributed by atoms with E-state index in [0.29, 0.717) is 5.56 Å². The lowest BCUT2D eigenvalue weighted by atomic mass is 9.73. The monoisotopic (exact) mass is 436 g/mol. The Morgan fingerprint density at radius 2 is 1.61 bits per heavy atom. The minimum Gasteiger partial charge on any atom is -0.465 e. The number of esters is 1. The van der Waals surface area contributed by atoms with Crippen LogP contribution in [-0.4, -0.2) is 13.1 Å². The molecule has 4 rings (SSSR count). The van der Waals surface area contributed by atoms with Crippen LogP contribution in [0.25, 0.3) is 17.7 Å². The molecule has 1 aliphatic carbocycles. The molecule has 0 fully saturated rings. The lowest BCUT2D eigenvalue weighted by Gasteiger charge is -2.31. The van der Waals surface area contributed by atoms with Crippen LogP contribution < -0.4 is 0 Å².